The highest BCUT2D eigenvalue weighted by Crippen LogP contribution is 2.28. The number of nitriles is 1. The number of hydrogen-bond acceptors (Lipinski definition) is 6. The van der Waals surface area contributed by atoms with Crippen molar-refractivity contribution in [2.75, 3.05) is 10.6 Å². The second kappa shape index (κ2) is 6.87. The van der Waals surface area contributed by atoms with Crippen LogP contribution in [0.1, 0.15) is 5.56 Å². The SMILES string of the molecule is N#Cc1cnc2cnccc2c1Nc1ccc(Nc2ccccc2)nc1. The Labute approximate surface area is 150 Å². The normalized spacial score (nSPS) is 10.3. The van der Waals surface area contributed by atoms with E-state index in [0.29, 0.717) is 11.3 Å². The summed E-state index contributed by atoms with van der Waals surface area (Å²) >= 11 is 0. The van der Waals surface area contributed by atoms with Crippen molar-refractivity contribution in [1.29, 1.82) is 5.26 Å². The fourth-order valence-electron chi connectivity index (χ4n) is 2.62. The molecule has 2 N–H and O–H groups in total. The number of aromatic nitrogens is 3. The van der Waals surface area contributed by atoms with Gasteiger partial charge in [0.05, 0.1) is 34.8 Å². The second-order valence-corrected chi connectivity index (χ2v) is 5.60. The molecule has 0 aliphatic heterocycles. The monoisotopic (exact) mass is 338 g/mol. The summed E-state index contributed by atoms with van der Waals surface area (Å²) in [7, 11) is 0. The fourth-order valence-corrected chi connectivity index (χ4v) is 2.62. The van der Waals surface area contributed by atoms with Gasteiger partial charge in [0.1, 0.15) is 11.9 Å². The number of hydrogen-bond donors (Lipinski definition) is 2. The number of pyridine rings is 3. The summed E-state index contributed by atoms with van der Waals surface area (Å²) in [5.74, 6) is 0.742. The molecule has 0 aliphatic carbocycles. The topological polar surface area (TPSA) is 86.5 Å². The van der Waals surface area contributed by atoms with Crippen LogP contribution < -0.4 is 10.6 Å². The molecule has 0 fully saturated rings. The van der Waals surface area contributed by atoms with Crippen LogP contribution in [0.25, 0.3) is 10.9 Å². The Morgan fingerprint density at radius 3 is 2.46 bits per heavy atom. The lowest BCUT2D eigenvalue weighted by Gasteiger charge is -2.11. The van der Waals surface area contributed by atoms with Crippen molar-refractivity contribution in [1.82, 2.24) is 15.0 Å². The highest BCUT2D eigenvalue weighted by Gasteiger charge is 2.09. The van der Waals surface area contributed by atoms with Crippen molar-refractivity contribution in [2.24, 2.45) is 0 Å². The number of benzene rings is 1. The molecular formula is C20H14N6. The summed E-state index contributed by atoms with van der Waals surface area (Å²) in [5, 5.41) is 16.7. The van der Waals surface area contributed by atoms with Gasteiger partial charge in [-0.05, 0) is 30.3 Å². The maximum absolute atomic E-state index is 9.39. The number of anilines is 4. The van der Waals surface area contributed by atoms with E-state index < -0.39 is 0 Å². The van der Waals surface area contributed by atoms with Gasteiger partial charge in [-0.1, -0.05) is 18.2 Å². The lowest BCUT2D eigenvalue weighted by atomic mass is 10.1. The van der Waals surface area contributed by atoms with Gasteiger partial charge in [-0.15, -0.1) is 0 Å². The molecular weight excluding hydrogens is 324 g/mol. The number of nitrogens with zero attached hydrogens (tertiary/aromatic N) is 4. The van der Waals surface area contributed by atoms with Crippen molar-refractivity contribution in [3.8, 4) is 6.07 Å². The van der Waals surface area contributed by atoms with Gasteiger partial charge in [-0.25, -0.2) is 4.98 Å². The van der Waals surface area contributed by atoms with Gasteiger partial charge in [-0.2, -0.15) is 5.26 Å². The molecule has 0 saturated carbocycles. The summed E-state index contributed by atoms with van der Waals surface area (Å²) in [6.07, 6.45) is 6.62. The van der Waals surface area contributed by atoms with E-state index in [2.05, 4.69) is 31.7 Å². The van der Waals surface area contributed by atoms with Gasteiger partial charge in [-0.3, -0.25) is 9.97 Å². The average molecular weight is 338 g/mol. The van der Waals surface area contributed by atoms with Gasteiger partial charge in [0.2, 0.25) is 0 Å². The van der Waals surface area contributed by atoms with E-state index >= 15 is 0 Å². The molecule has 3 aromatic heterocycles. The van der Waals surface area contributed by atoms with E-state index in [0.717, 1.165) is 28.1 Å². The minimum atomic E-state index is 0.468. The Hall–Kier alpha value is -3.98. The van der Waals surface area contributed by atoms with Gasteiger partial charge in [0.25, 0.3) is 0 Å². The Balaban J connectivity index is 1.62. The van der Waals surface area contributed by atoms with Crippen molar-refractivity contribution < 1.29 is 0 Å². The Morgan fingerprint density at radius 2 is 1.69 bits per heavy atom. The zero-order valence-electron chi connectivity index (χ0n) is 13.7. The standard InChI is InChI=1S/C20H14N6/c21-10-14-11-23-18-13-22-9-8-17(18)20(14)26-16-6-7-19(24-12-16)25-15-4-2-1-3-5-15/h1-9,11-13H,(H,23,26)(H,24,25). The van der Waals surface area contributed by atoms with Gasteiger partial charge < -0.3 is 10.6 Å². The highest BCUT2D eigenvalue weighted by atomic mass is 15.0. The zero-order valence-corrected chi connectivity index (χ0v) is 13.7. The van der Waals surface area contributed by atoms with E-state index in [1.54, 1.807) is 24.8 Å². The predicted molar refractivity (Wildman–Crippen MR) is 101 cm³/mol. The third kappa shape index (κ3) is 3.14. The molecule has 0 bridgehead atoms. The summed E-state index contributed by atoms with van der Waals surface area (Å²) in [6.45, 7) is 0. The molecule has 0 spiro atoms. The van der Waals surface area contributed by atoms with Crippen LogP contribution in [-0.2, 0) is 0 Å². The molecule has 6 nitrogen and oxygen atoms in total. The average Bonchev–Trinajstić information content (AvgIpc) is 2.70. The van der Waals surface area contributed by atoms with E-state index in [4.69, 9.17) is 0 Å². The van der Waals surface area contributed by atoms with E-state index in [9.17, 15) is 5.26 Å². The van der Waals surface area contributed by atoms with Gasteiger partial charge in [0, 0.05) is 23.5 Å². The zero-order chi connectivity index (χ0) is 17.8. The van der Waals surface area contributed by atoms with E-state index in [1.807, 2.05) is 48.5 Å². The summed E-state index contributed by atoms with van der Waals surface area (Å²) in [4.78, 5) is 12.8. The van der Waals surface area contributed by atoms with E-state index in [1.165, 1.54) is 0 Å². The van der Waals surface area contributed by atoms with Gasteiger partial charge >= 0.3 is 0 Å². The second-order valence-electron chi connectivity index (χ2n) is 5.60. The minimum Gasteiger partial charge on any atom is -0.353 e. The van der Waals surface area contributed by atoms with Crippen LogP contribution in [0.2, 0.25) is 0 Å². The third-order valence-electron chi connectivity index (χ3n) is 3.87. The van der Waals surface area contributed by atoms with Crippen molar-refractivity contribution in [2.45, 2.75) is 0 Å². The predicted octanol–water partition coefficient (Wildman–Crippen LogP) is 4.38. The Bertz CT molecular complexity index is 1080. The molecule has 0 saturated heterocycles. The number of fused-ring (bicyclic) bond motifs is 1. The van der Waals surface area contributed by atoms with Crippen LogP contribution in [0.5, 0.6) is 0 Å². The van der Waals surface area contributed by atoms with Crippen LogP contribution >= 0.6 is 0 Å². The molecule has 1 aromatic carbocycles. The summed E-state index contributed by atoms with van der Waals surface area (Å²) in [6, 6.07) is 17.6. The molecule has 0 radical (unpaired) electrons. The largest absolute Gasteiger partial charge is 0.353 e. The quantitative estimate of drug-likeness (QED) is 0.574. The molecule has 4 rings (SSSR count). The highest BCUT2D eigenvalue weighted by molar-refractivity contribution is 5.95. The molecule has 124 valence electrons. The maximum atomic E-state index is 9.39. The third-order valence-corrected chi connectivity index (χ3v) is 3.87. The first kappa shape index (κ1) is 15.5. The lowest BCUT2D eigenvalue weighted by molar-refractivity contribution is 1.28. The molecule has 0 aliphatic rings. The molecule has 0 atom stereocenters. The Morgan fingerprint density at radius 1 is 0.808 bits per heavy atom. The molecule has 3 heterocycles. The molecule has 4 aromatic rings. The molecule has 6 heteroatoms. The van der Waals surface area contributed by atoms with Crippen LogP contribution in [0.15, 0.2) is 73.3 Å². The Kier molecular flexibility index (Phi) is 4.11. The van der Waals surface area contributed by atoms with Crippen molar-refractivity contribution in [3.63, 3.8) is 0 Å². The maximum Gasteiger partial charge on any atom is 0.130 e. The van der Waals surface area contributed by atoms with Crippen LogP contribution in [0.3, 0.4) is 0 Å². The van der Waals surface area contributed by atoms with Crippen molar-refractivity contribution >= 4 is 33.8 Å². The van der Waals surface area contributed by atoms with Gasteiger partial charge in [0.15, 0.2) is 0 Å². The fraction of sp³-hybridized carbons (Fsp3) is 0. The summed E-state index contributed by atoms with van der Waals surface area (Å²) in [5.41, 5.74) is 3.65. The molecule has 26 heavy (non-hydrogen) atoms. The van der Waals surface area contributed by atoms with Crippen molar-refractivity contribution in [3.05, 3.63) is 78.9 Å². The summed E-state index contributed by atoms with van der Waals surface area (Å²) < 4.78 is 0. The van der Waals surface area contributed by atoms with Crippen LogP contribution in [0, 0.1) is 11.3 Å². The first-order valence-corrected chi connectivity index (χ1v) is 8.01. The number of nitrogens with one attached hydrogen (secondary N) is 2. The lowest BCUT2D eigenvalue weighted by Crippen LogP contribution is -1.98. The molecule has 0 unspecified atom stereocenters. The smallest absolute Gasteiger partial charge is 0.130 e. The number of para-hydroxylation sites is 1. The van der Waals surface area contributed by atoms with Crippen LogP contribution in [-0.4, -0.2) is 15.0 Å². The first-order chi connectivity index (χ1) is 12.8. The van der Waals surface area contributed by atoms with E-state index in [-0.39, 0.29) is 0 Å². The van der Waals surface area contributed by atoms with Crippen LogP contribution in [0.4, 0.5) is 22.9 Å². The molecule has 0 amide bonds. The number of rotatable bonds is 4. The minimum absolute atomic E-state index is 0.468. The first-order valence-electron chi connectivity index (χ1n) is 8.01.